The molecule has 0 bridgehead atoms. The maximum absolute atomic E-state index is 11.2. The van der Waals surface area contributed by atoms with Gasteiger partial charge in [0.25, 0.3) is 0 Å². The molecule has 2 N–H and O–H groups in total. The summed E-state index contributed by atoms with van der Waals surface area (Å²) < 4.78 is 1.35. The molecule has 0 amide bonds. The van der Waals surface area contributed by atoms with Gasteiger partial charge in [0.1, 0.15) is 6.54 Å². The number of carboxylic acid groups (broad SMARTS) is 1. The second-order valence-electron chi connectivity index (χ2n) is 3.77. The van der Waals surface area contributed by atoms with E-state index < -0.39 is 17.1 Å². The topological polar surface area (TPSA) is 82.8 Å². The summed E-state index contributed by atoms with van der Waals surface area (Å²) in [5, 5.41) is 17.9. The van der Waals surface area contributed by atoms with Crippen LogP contribution in [0, 0.1) is 0 Å². The predicted octanol–water partition coefficient (Wildman–Crippen LogP) is -0.300. The number of hydrogen-bond donors (Lipinski definition) is 2. The fraction of sp³-hybridized carbons (Fsp3) is 0.400. The Hall–Kier alpha value is -1.82. The summed E-state index contributed by atoms with van der Waals surface area (Å²) in [6.07, 6.45) is 1.15. The SMILES string of the molecule is CN(C)Cc1cc(=O)c(O)cn1CC(=O)O. The molecule has 0 fully saturated rings. The minimum absolute atomic E-state index is 0.281. The van der Waals surface area contributed by atoms with Crippen molar-refractivity contribution < 1.29 is 15.0 Å². The van der Waals surface area contributed by atoms with Gasteiger partial charge in [-0.1, -0.05) is 0 Å². The van der Waals surface area contributed by atoms with Crippen molar-refractivity contribution in [3.8, 4) is 5.75 Å². The molecule has 0 atom stereocenters. The van der Waals surface area contributed by atoms with Crippen LogP contribution in [0.5, 0.6) is 5.75 Å². The Morgan fingerprint density at radius 1 is 1.50 bits per heavy atom. The van der Waals surface area contributed by atoms with E-state index in [-0.39, 0.29) is 6.54 Å². The van der Waals surface area contributed by atoms with E-state index in [2.05, 4.69) is 0 Å². The van der Waals surface area contributed by atoms with Gasteiger partial charge >= 0.3 is 5.97 Å². The van der Waals surface area contributed by atoms with Gasteiger partial charge in [0, 0.05) is 18.3 Å². The Kier molecular flexibility index (Phi) is 3.68. The maximum Gasteiger partial charge on any atom is 0.323 e. The Balaban J connectivity index is 3.16. The van der Waals surface area contributed by atoms with Crippen molar-refractivity contribution in [2.24, 2.45) is 0 Å². The van der Waals surface area contributed by atoms with Crippen LogP contribution in [0.3, 0.4) is 0 Å². The highest BCUT2D eigenvalue weighted by atomic mass is 16.4. The summed E-state index contributed by atoms with van der Waals surface area (Å²) in [5.74, 6) is -1.47. The van der Waals surface area contributed by atoms with Crippen molar-refractivity contribution in [1.29, 1.82) is 0 Å². The van der Waals surface area contributed by atoms with E-state index in [1.54, 1.807) is 0 Å². The number of carbonyl (C=O) groups is 1. The Morgan fingerprint density at radius 2 is 2.12 bits per heavy atom. The van der Waals surface area contributed by atoms with Crippen LogP contribution in [-0.2, 0) is 17.9 Å². The van der Waals surface area contributed by atoms with E-state index in [0.717, 1.165) is 6.20 Å². The van der Waals surface area contributed by atoms with Gasteiger partial charge < -0.3 is 19.7 Å². The van der Waals surface area contributed by atoms with Gasteiger partial charge in [0.15, 0.2) is 5.75 Å². The average molecular weight is 226 g/mol. The van der Waals surface area contributed by atoms with Crippen LogP contribution >= 0.6 is 0 Å². The smallest absolute Gasteiger partial charge is 0.323 e. The molecule has 0 saturated carbocycles. The molecule has 0 spiro atoms. The highest BCUT2D eigenvalue weighted by molar-refractivity contribution is 5.66. The molecule has 0 aliphatic heterocycles. The van der Waals surface area contributed by atoms with E-state index in [0.29, 0.717) is 12.2 Å². The monoisotopic (exact) mass is 226 g/mol. The molecule has 0 aromatic carbocycles. The second kappa shape index (κ2) is 4.80. The van der Waals surface area contributed by atoms with Gasteiger partial charge in [0.05, 0.1) is 6.20 Å². The van der Waals surface area contributed by atoms with Crippen LogP contribution in [0.4, 0.5) is 0 Å². The highest BCUT2D eigenvalue weighted by Gasteiger charge is 2.09. The number of pyridine rings is 1. The molecule has 0 unspecified atom stereocenters. The average Bonchev–Trinajstić information content (AvgIpc) is 2.11. The minimum Gasteiger partial charge on any atom is -0.503 e. The zero-order valence-electron chi connectivity index (χ0n) is 9.17. The first-order valence-corrected chi connectivity index (χ1v) is 4.69. The third kappa shape index (κ3) is 3.09. The van der Waals surface area contributed by atoms with E-state index in [1.807, 2.05) is 19.0 Å². The number of aliphatic carboxylic acids is 1. The fourth-order valence-electron chi connectivity index (χ4n) is 1.36. The molecule has 1 aromatic rings. The zero-order valence-corrected chi connectivity index (χ0v) is 9.17. The number of aromatic nitrogens is 1. The molecule has 0 aliphatic rings. The predicted molar refractivity (Wildman–Crippen MR) is 57.4 cm³/mol. The van der Waals surface area contributed by atoms with E-state index >= 15 is 0 Å². The maximum atomic E-state index is 11.2. The molecule has 6 nitrogen and oxygen atoms in total. The third-order valence-corrected chi connectivity index (χ3v) is 1.98. The third-order valence-electron chi connectivity index (χ3n) is 1.98. The van der Waals surface area contributed by atoms with Gasteiger partial charge in [-0.25, -0.2) is 0 Å². The summed E-state index contributed by atoms with van der Waals surface area (Å²) in [7, 11) is 3.62. The van der Waals surface area contributed by atoms with E-state index in [9.17, 15) is 14.7 Å². The molecule has 0 aliphatic carbocycles. The minimum atomic E-state index is -1.02. The lowest BCUT2D eigenvalue weighted by Gasteiger charge is -2.15. The number of nitrogens with zero attached hydrogens (tertiary/aromatic N) is 2. The van der Waals surface area contributed by atoms with Crippen LogP contribution in [0.1, 0.15) is 5.69 Å². The quantitative estimate of drug-likeness (QED) is 0.736. The number of aromatic hydroxyl groups is 1. The van der Waals surface area contributed by atoms with Crippen molar-refractivity contribution in [3.05, 3.63) is 28.2 Å². The van der Waals surface area contributed by atoms with Gasteiger partial charge in [-0.05, 0) is 14.1 Å². The lowest BCUT2D eigenvalue weighted by Crippen LogP contribution is -2.21. The van der Waals surface area contributed by atoms with Crippen molar-refractivity contribution in [3.63, 3.8) is 0 Å². The normalized spacial score (nSPS) is 10.7. The molecule has 88 valence electrons. The van der Waals surface area contributed by atoms with Gasteiger partial charge in [-0.2, -0.15) is 0 Å². The number of rotatable bonds is 4. The number of carboxylic acids is 1. The van der Waals surface area contributed by atoms with Crippen molar-refractivity contribution in [2.45, 2.75) is 13.1 Å². The fourth-order valence-corrected chi connectivity index (χ4v) is 1.36. The molecule has 1 rings (SSSR count). The summed E-state index contributed by atoms with van der Waals surface area (Å²) >= 11 is 0. The summed E-state index contributed by atoms with van der Waals surface area (Å²) in [6.45, 7) is 0.153. The Morgan fingerprint density at radius 3 is 2.62 bits per heavy atom. The van der Waals surface area contributed by atoms with Crippen LogP contribution in [0.25, 0.3) is 0 Å². The van der Waals surface area contributed by atoms with Crippen LogP contribution < -0.4 is 5.43 Å². The summed E-state index contributed by atoms with van der Waals surface area (Å²) in [5.41, 5.74) is 0.0497. The first kappa shape index (κ1) is 12.3. The standard InChI is InChI=1S/C10H14N2O4/c1-11(2)4-7-3-8(13)9(14)5-12(7)6-10(15)16/h3,5,14H,4,6H2,1-2H3,(H,15,16). The van der Waals surface area contributed by atoms with Crippen LogP contribution in [0.2, 0.25) is 0 Å². The lowest BCUT2D eigenvalue weighted by molar-refractivity contribution is -0.137. The first-order chi connectivity index (χ1) is 7.40. The molecular weight excluding hydrogens is 212 g/mol. The Labute approximate surface area is 92.4 Å². The van der Waals surface area contributed by atoms with Crippen LogP contribution in [-0.4, -0.2) is 39.7 Å². The zero-order chi connectivity index (χ0) is 12.3. The van der Waals surface area contributed by atoms with Gasteiger partial charge in [-0.3, -0.25) is 9.59 Å². The highest BCUT2D eigenvalue weighted by Crippen LogP contribution is 2.06. The largest absolute Gasteiger partial charge is 0.503 e. The van der Waals surface area contributed by atoms with Gasteiger partial charge in [-0.15, -0.1) is 0 Å². The van der Waals surface area contributed by atoms with Crippen molar-refractivity contribution in [1.82, 2.24) is 9.47 Å². The molecule has 16 heavy (non-hydrogen) atoms. The summed E-state index contributed by atoms with van der Waals surface area (Å²) in [6, 6.07) is 1.25. The molecule has 1 aromatic heterocycles. The molecular formula is C10H14N2O4. The van der Waals surface area contributed by atoms with Crippen molar-refractivity contribution in [2.75, 3.05) is 14.1 Å². The number of hydrogen-bond acceptors (Lipinski definition) is 4. The van der Waals surface area contributed by atoms with E-state index in [4.69, 9.17) is 5.11 Å². The molecule has 6 heteroatoms. The van der Waals surface area contributed by atoms with E-state index in [1.165, 1.54) is 10.6 Å². The molecule has 1 heterocycles. The summed E-state index contributed by atoms with van der Waals surface area (Å²) in [4.78, 5) is 23.6. The van der Waals surface area contributed by atoms with Crippen LogP contribution in [0.15, 0.2) is 17.1 Å². The second-order valence-corrected chi connectivity index (χ2v) is 3.77. The molecule has 0 radical (unpaired) electrons. The first-order valence-electron chi connectivity index (χ1n) is 4.69. The van der Waals surface area contributed by atoms with Crippen molar-refractivity contribution >= 4 is 5.97 Å². The van der Waals surface area contributed by atoms with Gasteiger partial charge in [0.2, 0.25) is 5.43 Å². The Bertz CT molecular complexity index is 451. The lowest BCUT2D eigenvalue weighted by atomic mass is 10.3. The molecule has 0 saturated heterocycles.